The van der Waals surface area contributed by atoms with Gasteiger partial charge in [0.2, 0.25) is 5.56 Å². The molecule has 0 radical (unpaired) electrons. The Bertz CT molecular complexity index is 935. The number of rotatable bonds is 3. The summed E-state index contributed by atoms with van der Waals surface area (Å²) in [5.41, 5.74) is 2.02. The molecule has 1 aromatic heterocycles. The fraction of sp³-hybridized carbons (Fsp3) is 0.111. The van der Waals surface area contributed by atoms with E-state index in [4.69, 9.17) is 11.6 Å². The highest BCUT2D eigenvalue weighted by molar-refractivity contribution is 6.30. The van der Waals surface area contributed by atoms with Gasteiger partial charge in [-0.1, -0.05) is 29.8 Å². The van der Waals surface area contributed by atoms with E-state index in [1.165, 1.54) is 11.0 Å². The van der Waals surface area contributed by atoms with Crippen LogP contribution in [0.4, 0.5) is 10.5 Å². The predicted molar refractivity (Wildman–Crippen MR) is 96.5 cm³/mol. The van der Waals surface area contributed by atoms with Crippen LogP contribution in [0.3, 0.4) is 0 Å². The third-order valence-electron chi connectivity index (χ3n) is 3.69. The number of aromatic nitrogens is 1. The molecule has 0 aliphatic carbocycles. The van der Waals surface area contributed by atoms with Crippen LogP contribution < -0.4 is 10.9 Å². The van der Waals surface area contributed by atoms with Gasteiger partial charge in [-0.15, -0.1) is 0 Å². The molecule has 0 aliphatic rings. The maximum atomic E-state index is 12.3. The van der Waals surface area contributed by atoms with Gasteiger partial charge in [-0.25, -0.2) is 4.79 Å². The van der Waals surface area contributed by atoms with Crippen molar-refractivity contribution in [2.45, 2.75) is 6.54 Å². The fourth-order valence-corrected chi connectivity index (χ4v) is 2.61. The number of carbonyl (C=O) groups is 1. The van der Waals surface area contributed by atoms with E-state index in [2.05, 4.69) is 10.3 Å². The largest absolute Gasteiger partial charge is 0.323 e. The van der Waals surface area contributed by atoms with Crippen LogP contribution in [0.1, 0.15) is 5.56 Å². The number of benzene rings is 2. The van der Waals surface area contributed by atoms with E-state index in [1.54, 1.807) is 31.3 Å². The highest BCUT2D eigenvalue weighted by Crippen LogP contribution is 2.17. The number of nitrogens with zero attached hydrogens (tertiary/aromatic N) is 1. The van der Waals surface area contributed by atoms with Gasteiger partial charge in [-0.2, -0.15) is 0 Å². The van der Waals surface area contributed by atoms with Gasteiger partial charge in [0, 0.05) is 41.3 Å². The molecule has 2 N–H and O–H groups in total. The summed E-state index contributed by atoms with van der Waals surface area (Å²) >= 11 is 5.83. The number of para-hydroxylation sites is 1. The molecule has 1 heterocycles. The Morgan fingerprint density at radius 3 is 2.62 bits per heavy atom. The van der Waals surface area contributed by atoms with E-state index >= 15 is 0 Å². The highest BCUT2D eigenvalue weighted by atomic mass is 35.5. The molecule has 0 saturated heterocycles. The van der Waals surface area contributed by atoms with E-state index in [-0.39, 0.29) is 11.6 Å². The second kappa shape index (κ2) is 6.76. The lowest BCUT2D eigenvalue weighted by atomic mass is 10.1. The van der Waals surface area contributed by atoms with Crippen LogP contribution in [-0.4, -0.2) is 23.0 Å². The average molecular weight is 342 g/mol. The van der Waals surface area contributed by atoms with E-state index in [0.29, 0.717) is 17.3 Å². The molecule has 6 heteroatoms. The molecular formula is C18H16ClN3O2. The van der Waals surface area contributed by atoms with Crippen molar-refractivity contribution in [2.24, 2.45) is 0 Å². The van der Waals surface area contributed by atoms with E-state index in [9.17, 15) is 9.59 Å². The Morgan fingerprint density at radius 2 is 1.88 bits per heavy atom. The standard InChI is InChI=1S/C18H16ClN3O2/c1-22(18(24)20-14-8-6-13(19)7-9-14)11-12-10-17(23)21-16-5-3-2-4-15(12)16/h2-10H,11H2,1H3,(H,20,24)(H,21,23). The normalized spacial score (nSPS) is 10.6. The van der Waals surface area contributed by atoms with Gasteiger partial charge in [-0.05, 0) is 35.9 Å². The van der Waals surface area contributed by atoms with E-state index in [1.807, 2.05) is 24.3 Å². The number of aromatic amines is 1. The number of anilines is 1. The molecular weight excluding hydrogens is 326 g/mol. The molecule has 0 unspecified atom stereocenters. The molecule has 0 saturated carbocycles. The second-order valence-electron chi connectivity index (χ2n) is 5.50. The van der Waals surface area contributed by atoms with Crippen molar-refractivity contribution >= 4 is 34.2 Å². The number of fused-ring (bicyclic) bond motifs is 1. The van der Waals surface area contributed by atoms with E-state index in [0.717, 1.165) is 16.5 Å². The van der Waals surface area contributed by atoms with Crippen LogP contribution in [-0.2, 0) is 6.54 Å². The van der Waals surface area contributed by atoms with Crippen molar-refractivity contribution in [2.75, 3.05) is 12.4 Å². The van der Waals surface area contributed by atoms with Gasteiger partial charge < -0.3 is 15.2 Å². The SMILES string of the molecule is CN(Cc1cc(=O)[nH]c2ccccc12)C(=O)Nc1ccc(Cl)cc1. The lowest BCUT2D eigenvalue weighted by Gasteiger charge is -2.19. The number of amides is 2. The lowest BCUT2D eigenvalue weighted by molar-refractivity contribution is 0.221. The van der Waals surface area contributed by atoms with Crippen molar-refractivity contribution < 1.29 is 4.79 Å². The summed E-state index contributed by atoms with van der Waals surface area (Å²) in [6.07, 6.45) is 0. The number of H-pyrrole nitrogens is 1. The zero-order chi connectivity index (χ0) is 17.1. The Hall–Kier alpha value is -2.79. The van der Waals surface area contributed by atoms with Crippen LogP contribution in [0.25, 0.3) is 10.9 Å². The molecule has 0 atom stereocenters. The van der Waals surface area contributed by atoms with Gasteiger partial charge in [-0.3, -0.25) is 4.79 Å². The molecule has 122 valence electrons. The summed E-state index contributed by atoms with van der Waals surface area (Å²) in [5.74, 6) is 0. The van der Waals surface area contributed by atoms with Gasteiger partial charge >= 0.3 is 6.03 Å². The monoisotopic (exact) mass is 341 g/mol. The number of nitrogens with one attached hydrogen (secondary N) is 2. The summed E-state index contributed by atoms with van der Waals surface area (Å²) in [7, 11) is 1.68. The summed E-state index contributed by atoms with van der Waals surface area (Å²) in [6.45, 7) is 0.323. The van der Waals surface area contributed by atoms with Gasteiger partial charge in [0.1, 0.15) is 0 Å². The summed E-state index contributed by atoms with van der Waals surface area (Å²) < 4.78 is 0. The Labute approximate surface area is 143 Å². The van der Waals surface area contributed by atoms with Crippen molar-refractivity contribution in [3.8, 4) is 0 Å². The Balaban J connectivity index is 1.79. The molecule has 0 fully saturated rings. The first-order valence-corrected chi connectivity index (χ1v) is 7.79. The molecule has 3 aromatic rings. The molecule has 0 aliphatic heterocycles. The Morgan fingerprint density at radius 1 is 1.17 bits per heavy atom. The Kier molecular flexibility index (Phi) is 4.53. The quantitative estimate of drug-likeness (QED) is 0.760. The summed E-state index contributed by atoms with van der Waals surface area (Å²) in [6, 6.07) is 15.7. The molecule has 5 nitrogen and oxygen atoms in total. The maximum Gasteiger partial charge on any atom is 0.321 e. The number of halogens is 1. The smallest absolute Gasteiger partial charge is 0.321 e. The molecule has 0 spiro atoms. The molecule has 3 rings (SSSR count). The van der Waals surface area contributed by atoms with Crippen LogP contribution in [0.2, 0.25) is 5.02 Å². The third-order valence-corrected chi connectivity index (χ3v) is 3.94. The van der Waals surface area contributed by atoms with Gasteiger partial charge in [0.05, 0.1) is 0 Å². The number of urea groups is 1. The van der Waals surface area contributed by atoms with Crippen molar-refractivity contribution in [3.05, 3.63) is 75.5 Å². The average Bonchev–Trinajstić information content (AvgIpc) is 2.56. The molecule has 24 heavy (non-hydrogen) atoms. The zero-order valence-electron chi connectivity index (χ0n) is 13.0. The zero-order valence-corrected chi connectivity index (χ0v) is 13.8. The summed E-state index contributed by atoms with van der Waals surface area (Å²) in [4.78, 5) is 28.4. The van der Waals surface area contributed by atoms with Crippen LogP contribution in [0.15, 0.2) is 59.4 Å². The number of hydrogen-bond donors (Lipinski definition) is 2. The van der Waals surface area contributed by atoms with Crippen LogP contribution in [0.5, 0.6) is 0 Å². The van der Waals surface area contributed by atoms with Crippen molar-refractivity contribution in [1.29, 1.82) is 0 Å². The third kappa shape index (κ3) is 3.58. The second-order valence-corrected chi connectivity index (χ2v) is 5.93. The first kappa shape index (κ1) is 16.1. The summed E-state index contributed by atoms with van der Waals surface area (Å²) in [5, 5.41) is 4.32. The minimum absolute atomic E-state index is 0.185. The van der Waals surface area contributed by atoms with Gasteiger partial charge in [0.25, 0.3) is 0 Å². The minimum Gasteiger partial charge on any atom is -0.323 e. The van der Waals surface area contributed by atoms with Crippen molar-refractivity contribution in [1.82, 2.24) is 9.88 Å². The maximum absolute atomic E-state index is 12.3. The molecule has 2 amide bonds. The number of carbonyl (C=O) groups excluding carboxylic acids is 1. The lowest BCUT2D eigenvalue weighted by Crippen LogP contribution is -2.31. The topological polar surface area (TPSA) is 65.2 Å². The van der Waals surface area contributed by atoms with Crippen LogP contribution >= 0.6 is 11.6 Å². The first-order chi connectivity index (χ1) is 11.5. The molecule has 0 bridgehead atoms. The molecule has 2 aromatic carbocycles. The minimum atomic E-state index is -0.262. The number of pyridine rings is 1. The van der Waals surface area contributed by atoms with Gasteiger partial charge in [0.15, 0.2) is 0 Å². The fourth-order valence-electron chi connectivity index (χ4n) is 2.49. The first-order valence-electron chi connectivity index (χ1n) is 7.41. The highest BCUT2D eigenvalue weighted by Gasteiger charge is 2.12. The van der Waals surface area contributed by atoms with E-state index < -0.39 is 0 Å². The van der Waals surface area contributed by atoms with Crippen molar-refractivity contribution in [3.63, 3.8) is 0 Å². The number of hydrogen-bond acceptors (Lipinski definition) is 2. The van der Waals surface area contributed by atoms with Crippen LogP contribution in [0, 0.1) is 0 Å². The predicted octanol–water partition coefficient (Wildman–Crippen LogP) is 3.85.